The average molecular weight is 317 g/mol. The summed E-state index contributed by atoms with van der Waals surface area (Å²) < 4.78 is 1.64. The maximum atomic E-state index is 12.2. The molecule has 0 saturated heterocycles. The first kappa shape index (κ1) is 14.4. The highest BCUT2D eigenvalue weighted by molar-refractivity contribution is 7.14. The van der Waals surface area contributed by atoms with Crippen LogP contribution >= 0.6 is 11.3 Å². The smallest absolute Gasteiger partial charge is 0.265 e. The van der Waals surface area contributed by atoms with Crippen LogP contribution in [0.4, 0.5) is 5.69 Å². The van der Waals surface area contributed by atoms with Gasteiger partial charge in [0, 0.05) is 11.1 Å². The number of tetrazole rings is 1. The maximum Gasteiger partial charge on any atom is 0.265 e. The maximum absolute atomic E-state index is 12.2. The lowest BCUT2D eigenvalue weighted by Crippen LogP contribution is -2.09. The largest absolute Gasteiger partial charge is 0.319 e. The van der Waals surface area contributed by atoms with E-state index in [2.05, 4.69) is 38.0 Å². The van der Waals surface area contributed by atoms with E-state index in [0.29, 0.717) is 22.9 Å². The van der Waals surface area contributed by atoms with Crippen molar-refractivity contribution in [2.24, 2.45) is 0 Å². The number of amides is 1. The van der Waals surface area contributed by atoms with Gasteiger partial charge in [-0.15, -0.1) is 21.5 Å². The fourth-order valence-electron chi connectivity index (χ4n) is 2.08. The van der Waals surface area contributed by atoms with Crippen molar-refractivity contribution in [2.45, 2.75) is 26.8 Å². The highest BCUT2D eigenvalue weighted by Gasteiger charge is 2.13. The number of thiophene rings is 1. The third-order valence-corrected chi connectivity index (χ3v) is 4.53. The molecule has 0 saturated carbocycles. The number of H-pyrrole nitrogens is 1. The van der Waals surface area contributed by atoms with Crippen LogP contribution in [0.5, 0.6) is 0 Å². The topological polar surface area (TPSA) is 101 Å². The summed E-state index contributed by atoms with van der Waals surface area (Å²) in [5.74, 6) is 0.411. The Morgan fingerprint density at radius 2 is 2.36 bits per heavy atom. The summed E-state index contributed by atoms with van der Waals surface area (Å²) in [5.41, 5.74) is 1.79. The highest BCUT2D eigenvalue weighted by Crippen LogP contribution is 2.23. The van der Waals surface area contributed by atoms with Crippen molar-refractivity contribution in [1.29, 1.82) is 0 Å². The van der Waals surface area contributed by atoms with Gasteiger partial charge in [-0.05, 0) is 25.0 Å². The van der Waals surface area contributed by atoms with Crippen molar-refractivity contribution >= 4 is 22.9 Å². The minimum atomic E-state index is -0.119. The van der Waals surface area contributed by atoms with Crippen LogP contribution in [0.2, 0.25) is 0 Å². The molecule has 114 valence electrons. The van der Waals surface area contributed by atoms with E-state index in [1.54, 1.807) is 17.1 Å². The minimum Gasteiger partial charge on any atom is -0.319 e. The fourth-order valence-corrected chi connectivity index (χ4v) is 3.09. The second-order valence-corrected chi connectivity index (χ2v) is 5.92. The number of aromatic nitrogens is 6. The summed E-state index contributed by atoms with van der Waals surface area (Å²) in [4.78, 5) is 14.2. The zero-order chi connectivity index (χ0) is 15.5. The number of nitrogens with one attached hydrogen (secondary N) is 2. The molecular formula is C13H15N7OS. The van der Waals surface area contributed by atoms with Gasteiger partial charge in [-0.2, -0.15) is 10.3 Å². The first-order chi connectivity index (χ1) is 10.7. The quantitative estimate of drug-likeness (QED) is 0.744. The monoisotopic (exact) mass is 317 g/mol. The van der Waals surface area contributed by atoms with Crippen molar-refractivity contribution in [3.63, 3.8) is 0 Å². The van der Waals surface area contributed by atoms with Gasteiger partial charge in [-0.1, -0.05) is 12.1 Å². The molecule has 0 radical (unpaired) electrons. The summed E-state index contributed by atoms with van der Waals surface area (Å²) in [6, 6.07) is 1.92. The standard InChI is InChI=1S/C13H15N7OS/c1-3-10-8(2)4-11(22-10)13(21)15-9-5-14-20(6-9)7-12-16-18-19-17-12/h4-6H,3,7H2,1-2H3,(H,15,21)(H,16,17,18,19). The summed E-state index contributed by atoms with van der Waals surface area (Å²) >= 11 is 1.53. The van der Waals surface area contributed by atoms with Crippen molar-refractivity contribution in [2.75, 3.05) is 5.32 Å². The van der Waals surface area contributed by atoms with Gasteiger partial charge < -0.3 is 5.32 Å². The summed E-state index contributed by atoms with van der Waals surface area (Å²) in [6.45, 7) is 4.50. The average Bonchev–Trinajstić information content (AvgIpc) is 3.21. The van der Waals surface area contributed by atoms with Gasteiger partial charge in [0.25, 0.3) is 5.91 Å². The van der Waals surface area contributed by atoms with E-state index in [1.807, 2.05) is 13.0 Å². The van der Waals surface area contributed by atoms with Crippen LogP contribution in [0.15, 0.2) is 18.5 Å². The number of aromatic amines is 1. The number of rotatable bonds is 5. The molecule has 8 nitrogen and oxygen atoms in total. The molecule has 0 unspecified atom stereocenters. The third-order valence-electron chi connectivity index (χ3n) is 3.15. The SMILES string of the molecule is CCc1sc(C(=O)Nc2cnn(Cc3nn[nH]n3)c2)cc1C. The second-order valence-electron chi connectivity index (χ2n) is 4.78. The lowest BCUT2D eigenvalue weighted by Gasteiger charge is -1.99. The van der Waals surface area contributed by atoms with Crippen LogP contribution in [0.25, 0.3) is 0 Å². The van der Waals surface area contributed by atoms with Crippen molar-refractivity contribution < 1.29 is 4.79 Å². The van der Waals surface area contributed by atoms with Crippen molar-refractivity contribution in [1.82, 2.24) is 30.4 Å². The molecule has 0 spiro atoms. The number of aryl methyl sites for hydroxylation is 2. The number of carbonyl (C=O) groups is 1. The van der Waals surface area contributed by atoms with Crippen molar-refractivity contribution in [3.05, 3.63) is 39.6 Å². The van der Waals surface area contributed by atoms with E-state index in [4.69, 9.17) is 0 Å². The van der Waals surface area contributed by atoms with E-state index < -0.39 is 0 Å². The molecule has 3 aromatic heterocycles. The Bertz CT molecular complexity index is 774. The molecule has 2 N–H and O–H groups in total. The molecule has 1 amide bonds. The molecule has 0 aromatic carbocycles. The Morgan fingerprint density at radius 1 is 1.50 bits per heavy atom. The van der Waals surface area contributed by atoms with Gasteiger partial charge >= 0.3 is 0 Å². The zero-order valence-electron chi connectivity index (χ0n) is 12.2. The normalized spacial score (nSPS) is 10.8. The molecule has 0 aliphatic rings. The number of anilines is 1. The lowest BCUT2D eigenvalue weighted by atomic mass is 10.2. The van der Waals surface area contributed by atoms with Gasteiger partial charge in [0.2, 0.25) is 0 Å². The fraction of sp³-hybridized carbons (Fsp3) is 0.308. The number of hydrogen-bond acceptors (Lipinski definition) is 6. The molecule has 0 fully saturated rings. The minimum absolute atomic E-state index is 0.119. The first-order valence-electron chi connectivity index (χ1n) is 6.81. The summed E-state index contributed by atoms with van der Waals surface area (Å²) in [6.07, 6.45) is 4.26. The van der Waals surface area contributed by atoms with Gasteiger partial charge in [-0.25, -0.2) is 0 Å². The predicted molar refractivity (Wildman–Crippen MR) is 81.9 cm³/mol. The van der Waals surface area contributed by atoms with E-state index in [-0.39, 0.29) is 5.91 Å². The highest BCUT2D eigenvalue weighted by atomic mass is 32.1. The molecular weight excluding hydrogens is 302 g/mol. The van der Waals surface area contributed by atoms with Crippen LogP contribution in [0.3, 0.4) is 0 Å². The van der Waals surface area contributed by atoms with E-state index in [1.165, 1.54) is 16.2 Å². The number of nitrogens with zero attached hydrogens (tertiary/aromatic N) is 5. The molecule has 3 heterocycles. The van der Waals surface area contributed by atoms with Crippen LogP contribution in [-0.2, 0) is 13.0 Å². The van der Waals surface area contributed by atoms with Crippen LogP contribution in [0, 0.1) is 6.92 Å². The van der Waals surface area contributed by atoms with Gasteiger partial charge in [0.05, 0.1) is 16.8 Å². The molecule has 0 aliphatic heterocycles. The molecule has 3 rings (SSSR count). The Kier molecular flexibility index (Phi) is 3.96. The predicted octanol–water partition coefficient (Wildman–Crippen LogP) is 1.63. The van der Waals surface area contributed by atoms with Gasteiger partial charge in [0.1, 0.15) is 6.54 Å². The third kappa shape index (κ3) is 3.03. The van der Waals surface area contributed by atoms with Gasteiger partial charge in [0.15, 0.2) is 5.82 Å². The number of hydrogen-bond donors (Lipinski definition) is 2. The van der Waals surface area contributed by atoms with E-state index >= 15 is 0 Å². The number of carbonyl (C=O) groups excluding carboxylic acids is 1. The Labute approximate surface area is 130 Å². The lowest BCUT2D eigenvalue weighted by molar-refractivity contribution is 0.103. The van der Waals surface area contributed by atoms with Crippen LogP contribution < -0.4 is 5.32 Å². The zero-order valence-corrected chi connectivity index (χ0v) is 13.0. The summed E-state index contributed by atoms with van der Waals surface area (Å²) in [5, 5.41) is 20.6. The molecule has 9 heteroatoms. The second kappa shape index (κ2) is 6.06. The molecule has 0 aliphatic carbocycles. The molecule has 22 heavy (non-hydrogen) atoms. The Morgan fingerprint density at radius 3 is 3.05 bits per heavy atom. The molecule has 3 aromatic rings. The Hall–Kier alpha value is -2.55. The van der Waals surface area contributed by atoms with E-state index in [9.17, 15) is 4.79 Å². The first-order valence-corrected chi connectivity index (χ1v) is 7.62. The Balaban J connectivity index is 1.67. The summed E-state index contributed by atoms with van der Waals surface area (Å²) in [7, 11) is 0. The molecule has 0 bridgehead atoms. The van der Waals surface area contributed by atoms with Crippen LogP contribution in [0.1, 0.15) is 32.9 Å². The molecule has 0 atom stereocenters. The van der Waals surface area contributed by atoms with Gasteiger partial charge in [-0.3, -0.25) is 9.48 Å². The van der Waals surface area contributed by atoms with Crippen LogP contribution in [-0.4, -0.2) is 36.3 Å². The van der Waals surface area contributed by atoms with Crippen molar-refractivity contribution in [3.8, 4) is 0 Å². The van der Waals surface area contributed by atoms with E-state index in [0.717, 1.165) is 12.0 Å².